The number of carboxylic acids is 1. The third kappa shape index (κ3) is 2.66. The van der Waals surface area contributed by atoms with Crippen molar-refractivity contribution >= 4 is 17.7 Å². The van der Waals surface area contributed by atoms with Gasteiger partial charge in [0.25, 0.3) is 0 Å². The van der Waals surface area contributed by atoms with Crippen molar-refractivity contribution in [1.82, 2.24) is 5.32 Å². The molecule has 1 fully saturated rings. The van der Waals surface area contributed by atoms with Gasteiger partial charge in [-0.3, -0.25) is 4.90 Å². The molecular formula is C15H18N2O4. The first-order valence-corrected chi connectivity index (χ1v) is 7.15. The number of carboxylic acid groups (broad SMARTS) is 1. The number of urea groups is 1. The van der Waals surface area contributed by atoms with Crippen LogP contribution in [0.5, 0.6) is 5.75 Å². The molecule has 2 N–H and O–H groups in total. The Morgan fingerprint density at radius 3 is 2.86 bits per heavy atom. The molecule has 0 aromatic heterocycles. The number of aromatic carboxylic acids is 1. The van der Waals surface area contributed by atoms with Gasteiger partial charge < -0.3 is 15.2 Å². The second-order valence-corrected chi connectivity index (χ2v) is 5.53. The monoisotopic (exact) mass is 290 g/mol. The summed E-state index contributed by atoms with van der Waals surface area (Å²) in [5, 5.41) is 12.2. The van der Waals surface area contributed by atoms with Crippen LogP contribution in [0.2, 0.25) is 0 Å². The van der Waals surface area contributed by atoms with E-state index in [4.69, 9.17) is 4.74 Å². The summed E-state index contributed by atoms with van der Waals surface area (Å²) in [7, 11) is 0. The highest BCUT2D eigenvalue weighted by Gasteiger charge is 2.32. The molecule has 1 heterocycles. The number of amides is 2. The lowest BCUT2D eigenvalue weighted by molar-refractivity contribution is 0.0692. The molecule has 0 spiro atoms. The number of benzene rings is 1. The van der Waals surface area contributed by atoms with E-state index >= 15 is 0 Å². The zero-order chi connectivity index (χ0) is 15.0. The average molecular weight is 290 g/mol. The summed E-state index contributed by atoms with van der Waals surface area (Å²) in [4.78, 5) is 25.2. The number of hydrogen-bond donors (Lipinski definition) is 2. The molecule has 0 radical (unpaired) electrons. The molecule has 112 valence electrons. The van der Waals surface area contributed by atoms with E-state index in [9.17, 15) is 14.7 Å². The number of ether oxygens (including phenoxy) is 1. The van der Waals surface area contributed by atoms with Gasteiger partial charge in [-0.1, -0.05) is 6.07 Å². The fourth-order valence-electron chi connectivity index (χ4n) is 2.61. The van der Waals surface area contributed by atoms with Crippen LogP contribution < -0.4 is 15.0 Å². The molecule has 2 aliphatic rings. The van der Waals surface area contributed by atoms with Crippen molar-refractivity contribution in [3.63, 3.8) is 0 Å². The molecule has 1 aliphatic heterocycles. The minimum Gasteiger partial charge on any atom is -0.489 e. The van der Waals surface area contributed by atoms with Crippen molar-refractivity contribution in [2.24, 2.45) is 5.92 Å². The van der Waals surface area contributed by atoms with Crippen LogP contribution in [-0.4, -0.2) is 36.3 Å². The molecule has 1 saturated carbocycles. The van der Waals surface area contributed by atoms with Gasteiger partial charge in [-0.15, -0.1) is 0 Å². The van der Waals surface area contributed by atoms with Gasteiger partial charge >= 0.3 is 12.0 Å². The molecule has 0 saturated heterocycles. The van der Waals surface area contributed by atoms with Crippen LogP contribution in [-0.2, 0) is 0 Å². The summed E-state index contributed by atoms with van der Waals surface area (Å²) < 4.78 is 5.46. The summed E-state index contributed by atoms with van der Waals surface area (Å²) >= 11 is 0. The van der Waals surface area contributed by atoms with E-state index in [2.05, 4.69) is 5.32 Å². The molecule has 6 nitrogen and oxygen atoms in total. The number of fused-ring (bicyclic) bond motifs is 1. The van der Waals surface area contributed by atoms with E-state index in [0.717, 1.165) is 12.8 Å². The molecule has 1 aliphatic carbocycles. The van der Waals surface area contributed by atoms with Crippen molar-refractivity contribution in [2.45, 2.75) is 25.8 Å². The number of hydrogen-bond acceptors (Lipinski definition) is 3. The van der Waals surface area contributed by atoms with Gasteiger partial charge in [-0.25, -0.2) is 9.59 Å². The Hall–Kier alpha value is -2.24. The smallest absolute Gasteiger partial charge is 0.339 e. The lowest BCUT2D eigenvalue weighted by Crippen LogP contribution is -2.48. The highest BCUT2D eigenvalue weighted by atomic mass is 16.5. The quantitative estimate of drug-likeness (QED) is 0.893. The lowest BCUT2D eigenvalue weighted by Gasteiger charge is -2.31. The van der Waals surface area contributed by atoms with Gasteiger partial charge in [-0.05, 0) is 37.8 Å². The minimum absolute atomic E-state index is 0.0836. The Kier molecular flexibility index (Phi) is 3.45. The van der Waals surface area contributed by atoms with Crippen molar-refractivity contribution in [3.05, 3.63) is 23.8 Å². The molecular weight excluding hydrogens is 272 g/mol. The molecule has 21 heavy (non-hydrogen) atoms. The number of carbonyl (C=O) groups excluding carboxylic acids is 1. The number of carbonyl (C=O) groups is 2. The van der Waals surface area contributed by atoms with Crippen LogP contribution in [0.1, 0.15) is 30.1 Å². The maximum absolute atomic E-state index is 12.4. The molecule has 3 rings (SSSR count). The third-order valence-corrected chi connectivity index (χ3v) is 4.00. The van der Waals surface area contributed by atoms with E-state index in [1.54, 1.807) is 17.0 Å². The number of nitrogens with zero attached hydrogens (tertiary/aromatic N) is 1. The number of rotatable bonds is 3. The zero-order valence-corrected chi connectivity index (χ0v) is 11.8. The lowest BCUT2D eigenvalue weighted by atomic mass is 10.1. The molecule has 1 unspecified atom stereocenters. The van der Waals surface area contributed by atoms with Crippen LogP contribution in [0.3, 0.4) is 0 Å². The van der Waals surface area contributed by atoms with E-state index in [1.165, 1.54) is 6.07 Å². The van der Waals surface area contributed by atoms with Crippen molar-refractivity contribution in [2.75, 3.05) is 18.1 Å². The van der Waals surface area contributed by atoms with Crippen LogP contribution in [0.25, 0.3) is 0 Å². The van der Waals surface area contributed by atoms with E-state index in [0.29, 0.717) is 24.8 Å². The fourth-order valence-corrected chi connectivity index (χ4v) is 2.61. The summed E-state index contributed by atoms with van der Waals surface area (Å²) in [5.74, 6) is -0.217. The molecule has 2 amide bonds. The van der Waals surface area contributed by atoms with Gasteiger partial charge in [0, 0.05) is 6.04 Å². The predicted octanol–water partition coefficient (Wildman–Crippen LogP) is 2.09. The van der Waals surface area contributed by atoms with E-state index in [-0.39, 0.29) is 23.4 Å². The maximum Gasteiger partial charge on any atom is 0.339 e. The standard InChI is InChI=1S/C15H18N2O4/c1-9(10-5-6-10)16-15(20)17-7-8-21-13-11(14(18)19)3-2-4-12(13)17/h2-4,9-10H,5-8H2,1H3,(H,16,20)(H,18,19). The Bertz CT molecular complexity index is 583. The third-order valence-electron chi connectivity index (χ3n) is 4.00. The molecule has 1 atom stereocenters. The van der Waals surface area contributed by atoms with Gasteiger partial charge in [0.2, 0.25) is 0 Å². The Balaban J connectivity index is 1.84. The largest absolute Gasteiger partial charge is 0.489 e. The van der Waals surface area contributed by atoms with Crippen molar-refractivity contribution < 1.29 is 19.4 Å². The van der Waals surface area contributed by atoms with Crippen LogP contribution in [0.15, 0.2) is 18.2 Å². The van der Waals surface area contributed by atoms with Crippen LogP contribution in [0, 0.1) is 5.92 Å². The summed E-state index contributed by atoms with van der Waals surface area (Å²) in [5.41, 5.74) is 0.599. The first-order chi connectivity index (χ1) is 10.1. The Labute approximate surface area is 122 Å². The predicted molar refractivity (Wildman–Crippen MR) is 77.0 cm³/mol. The highest BCUT2D eigenvalue weighted by Crippen LogP contribution is 2.36. The SMILES string of the molecule is CC(NC(=O)N1CCOc2c(C(=O)O)cccc21)C1CC1. The van der Waals surface area contributed by atoms with Crippen LogP contribution >= 0.6 is 0 Å². The molecule has 1 aromatic carbocycles. The number of para-hydroxylation sites is 1. The fraction of sp³-hybridized carbons (Fsp3) is 0.467. The summed E-state index contributed by atoms with van der Waals surface area (Å²) in [6.07, 6.45) is 2.31. The van der Waals surface area contributed by atoms with Gasteiger partial charge in [0.1, 0.15) is 12.2 Å². The number of nitrogens with one attached hydrogen (secondary N) is 1. The van der Waals surface area contributed by atoms with Gasteiger partial charge in [-0.2, -0.15) is 0 Å². The van der Waals surface area contributed by atoms with Crippen molar-refractivity contribution in [1.29, 1.82) is 0 Å². The molecule has 0 bridgehead atoms. The second kappa shape index (κ2) is 5.27. The summed E-state index contributed by atoms with van der Waals surface area (Å²) in [6, 6.07) is 4.77. The Morgan fingerprint density at radius 2 is 2.19 bits per heavy atom. The van der Waals surface area contributed by atoms with E-state index < -0.39 is 5.97 Å². The zero-order valence-electron chi connectivity index (χ0n) is 11.8. The first kappa shape index (κ1) is 13.7. The highest BCUT2D eigenvalue weighted by molar-refractivity contribution is 5.99. The Morgan fingerprint density at radius 1 is 1.43 bits per heavy atom. The average Bonchev–Trinajstić information content (AvgIpc) is 3.30. The first-order valence-electron chi connectivity index (χ1n) is 7.15. The van der Waals surface area contributed by atoms with Gasteiger partial charge in [0.05, 0.1) is 12.2 Å². The summed E-state index contributed by atoms with van der Waals surface area (Å²) in [6.45, 7) is 2.71. The normalized spacial score (nSPS) is 18.4. The topological polar surface area (TPSA) is 78.9 Å². The van der Waals surface area contributed by atoms with Crippen LogP contribution in [0.4, 0.5) is 10.5 Å². The molecule has 6 heteroatoms. The van der Waals surface area contributed by atoms with Crippen molar-refractivity contribution in [3.8, 4) is 5.75 Å². The van der Waals surface area contributed by atoms with E-state index in [1.807, 2.05) is 6.92 Å². The second-order valence-electron chi connectivity index (χ2n) is 5.53. The molecule has 1 aromatic rings. The minimum atomic E-state index is -1.06. The number of anilines is 1. The maximum atomic E-state index is 12.4. The van der Waals surface area contributed by atoms with Gasteiger partial charge in [0.15, 0.2) is 5.75 Å².